The van der Waals surface area contributed by atoms with Crippen LogP contribution in [0.15, 0.2) is 30.5 Å². The number of Topliss-reactive ketones (excluding diaryl/α,β-unsaturated/α-hetero) is 1. The summed E-state index contributed by atoms with van der Waals surface area (Å²) < 4.78 is 31.7. The van der Waals surface area contributed by atoms with E-state index in [2.05, 4.69) is 4.98 Å². The van der Waals surface area contributed by atoms with Gasteiger partial charge in [0.15, 0.2) is 12.1 Å². The van der Waals surface area contributed by atoms with Crippen molar-refractivity contribution >= 4 is 35.1 Å². The van der Waals surface area contributed by atoms with Crippen LogP contribution in [0.5, 0.6) is 0 Å². The molecular weight excluding hydrogens is 497 g/mol. The van der Waals surface area contributed by atoms with E-state index in [4.69, 9.17) is 25.8 Å². The number of hydrogen-bond donors (Lipinski definition) is 1. The fourth-order valence-corrected chi connectivity index (χ4v) is 3.97. The van der Waals surface area contributed by atoms with Gasteiger partial charge in [0.1, 0.15) is 11.5 Å². The number of hydrogen-bond acceptors (Lipinski definition) is 7. The summed E-state index contributed by atoms with van der Waals surface area (Å²) in [6.07, 6.45) is -0.163. The van der Waals surface area contributed by atoms with Gasteiger partial charge in [0.2, 0.25) is 0 Å². The Morgan fingerprint density at radius 2 is 1.89 bits per heavy atom. The summed E-state index contributed by atoms with van der Waals surface area (Å²) in [4.78, 5) is 42.3. The summed E-state index contributed by atoms with van der Waals surface area (Å²) in [6.45, 7) is 1.16. The van der Waals surface area contributed by atoms with Gasteiger partial charge in [-0.2, -0.15) is 0 Å². The first-order valence-corrected chi connectivity index (χ1v) is 11.1. The Morgan fingerprint density at radius 1 is 1.19 bits per heavy atom. The molecule has 0 atom stereocenters. The summed E-state index contributed by atoms with van der Waals surface area (Å²) in [5.74, 6) is -2.46. The van der Waals surface area contributed by atoms with E-state index < -0.39 is 30.0 Å². The van der Waals surface area contributed by atoms with E-state index in [9.17, 15) is 19.5 Å². The van der Waals surface area contributed by atoms with Crippen LogP contribution >= 0.6 is 11.6 Å². The number of carbonyl (C=O) groups is 3. The maximum Gasteiger partial charge on any atom is 0.410 e. The fraction of sp³-hybridized carbons (Fsp3) is 0.333. The van der Waals surface area contributed by atoms with E-state index in [0.29, 0.717) is 21.9 Å². The molecule has 1 N–H and O–H groups in total. The lowest BCUT2D eigenvalue weighted by Crippen LogP contribution is -2.42. The van der Waals surface area contributed by atoms with Crippen molar-refractivity contribution in [2.45, 2.75) is 19.6 Å². The quantitative estimate of drug-likeness (QED) is 0.402. The Labute approximate surface area is 211 Å². The maximum absolute atomic E-state index is 15.1. The number of nitrogens with zero attached hydrogens (tertiary/aromatic N) is 3. The fourth-order valence-electron chi connectivity index (χ4n) is 3.82. The molecule has 12 heteroatoms. The van der Waals surface area contributed by atoms with Gasteiger partial charge in [0.25, 0.3) is 0 Å². The smallest absolute Gasteiger partial charge is 0.410 e. The molecule has 2 aromatic heterocycles. The third kappa shape index (κ3) is 5.81. The van der Waals surface area contributed by atoms with Crippen LogP contribution in [0.2, 0.25) is 5.02 Å². The highest BCUT2D eigenvalue weighted by atomic mass is 35.5. The number of carboxylic acids is 1. The molecule has 0 radical (unpaired) electrons. The third-order valence-electron chi connectivity index (χ3n) is 5.52. The summed E-state index contributed by atoms with van der Waals surface area (Å²) in [5, 5.41) is 9.64. The first kappa shape index (κ1) is 27.1. The minimum absolute atomic E-state index is 0.0614. The van der Waals surface area contributed by atoms with Crippen LogP contribution in [0, 0.1) is 12.7 Å². The first-order chi connectivity index (χ1) is 17.1. The SMILES string of the molecule is COC(=O)N(CC(=O)Cc1c(-c2c(C)cc(C(=O)O)cc2F)nc2cc(Cl)ccn12)CC(OC)OC. The molecule has 36 heavy (non-hydrogen) atoms. The van der Waals surface area contributed by atoms with E-state index >= 15 is 4.39 Å². The van der Waals surface area contributed by atoms with Gasteiger partial charge in [-0.3, -0.25) is 9.69 Å². The molecule has 0 aliphatic heterocycles. The minimum atomic E-state index is -1.27. The maximum atomic E-state index is 15.1. The van der Waals surface area contributed by atoms with Gasteiger partial charge in [-0.25, -0.2) is 19.0 Å². The van der Waals surface area contributed by atoms with Crippen LogP contribution in [0.4, 0.5) is 9.18 Å². The van der Waals surface area contributed by atoms with Gasteiger partial charge >= 0.3 is 12.1 Å². The number of aromatic carboxylic acids is 1. The standard InChI is InChI=1S/C24H25ClFN3O7/c1-13-7-14(23(31)32)8-17(26)21(13)22-18(29-6-5-15(25)9-19(29)27-22)10-16(30)11-28(24(33)36-4)12-20(34-2)35-3/h5-9,20H,10-12H2,1-4H3,(H,31,32). The highest BCUT2D eigenvalue weighted by Gasteiger charge is 2.26. The number of aromatic nitrogens is 2. The number of aryl methyl sites for hydroxylation is 1. The number of carboxylic acid groups (broad SMARTS) is 1. The highest BCUT2D eigenvalue weighted by molar-refractivity contribution is 6.30. The molecule has 3 rings (SSSR count). The van der Waals surface area contributed by atoms with Crippen molar-refractivity contribution in [1.29, 1.82) is 0 Å². The van der Waals surface area contributed by atoms with Crippen molar-refractivity contribution < 1.29 is 38.1 Å². The average Bonchev–Trinajstić information content (AvgIpc) is 3.16. The monoisotopic (exact) mass is 521 g/mol. The molecule has 0 aliphatic rings. The normalized spacial score (nSPS) is 11.2. The second-order valence-corrected chi connectivity index (χ2v) is 8.34. The Hall–Kier alpha value is -3.54. The van der Waals surface area contributed by atoms with Crippen molar-refractivity contribution in [1.82, 2.24) is 14.3 Å². The molecule has 10 nitrogen and oxygen atoms in total. The largest absolute Gasteiger partial charge is 0.478 e. The zero-order chi connectivity index (χ0) is 26.6. The molecule has 0 bridgehead atoms. The summed E-state index contributed by atoms with van der Waals surface area (Å²) in [5.41, 5.74) is 1.05. The Balaban J connectivity index is 2.04. The molecule has 0 unspecified atom stereocenters. The predicted molar refractivity (Wildman–Crippen MR) is 128 cm³/mol. The zero-order valence-electron chi connectivity index (χ0n) is 20.1. The molecule has 3 aromatic rings. The van der Waals surface area contributed by atoms with Crippen LogP contribution in [-0.2, 0) is 25.4 Å². The van der Waals surface area contributed by atoms with Crippen LogP contribution < -0.4 is 0 Å². The molecule has 0 spiro atoms. The molecule has 0 aliphatic carbocycles. The van der Waals surface area contributed by atoms with Crippen LogP contribution in [-0.4, -0.2) is 77.9 Å². The first-order valence-electron chi connectivity index (χ1n) is 10.7. The number of benzene rings is 1. The second kappa shape index (κ2) is 11.5. The number of imidazole rings is 1. The van der Waals surface area contributed by atoms with Gasteiger partial charge in [0, 0.05) is 37.1 Å². The number of ether oxygens (including phenoxy) is 3. The topological polar surface area (TPSA) is 120 Å². The van der Waals surface area contributed by atoms with E-state index in [1.54, 1.807) is 29.7 Å². The van der Waals surface area contributed by atoms with Crippen LogP contribution in [0.3, 0.4) is 0 Å². The van der Waals surface area contributed by atoms with Gasteiger partial charge in [-0.15, -0.1) is 0 Å². The number of ketones is 1. The van der Waals surface area contributed by atoms with E-state index in [-0.39, 0.29) is 36.3 Å². The minimum Gasteiger partial charge on any atom is -0.478 e. The Bertz CT molecular complexity index is 1280. The van der Waals surface area contributed by atoms with Crippen molar-refractivity contribution in [2.24, 2.45) is 0 Å². The number of methoxy groups -OCH3 is 3. The van der Waals surface area contributed by atoms with Gasteiger partial charge in [-0.05, 0) is 30.7 Å². The summed E-state index contributed by atoms with van der Waals surface area (Å²) in [7, 11) is 3.98. The van der Waals surface area contributed by atoms with Gasteiger partial charge in [-0.1, -0.05) is 11.6 Å². The molecule has 0 fully saturated rings. The number of pyridine rings is 1. The third-order valence-corrected chi connectivity index (χ3v) is 5.75. The van der Waals surface area contributed by atoms with Crippen molar-refractivity contribution in [3.63, 3.8) is 0 Å². The number of carbonyl (C=O) groups excluding carboxylic acids is 2. The zero-order valence-corrected chi connectivity index (χ0v) is 20.8. The van der Waals surface area contributed by atoms with Crippen molar-refractivity contribution in [3.8, 4) is 11.3 Å². The number of halogens is 2. The molecular formula is C24H25ClFN3O7. The van der Waals surface area contributed by atoms with E-state index in [0.717, 1.165) is 11.0 Å². The lowest BCUT2D eigenvalue weighted by atomic mass is 9.99. The van der Waals surface area contributed by atoms with E-state index in [1.807, 2.05) is 0 Å². The summed E-state index contributed by atoms with van der Waals surface area (Å²) >= 11 is 6.10. The lowest BCUT2D eigenvalue weighted by Gasteiger charge is -2.24. The summed E-state index contributed by atoms with van der Waals surface area (Å²) in [6, 6.07) is 5.38. The van der Waals surface area contributed by atoms with Crippen molar-refractivity contribution in [3.05, 3.63) is 58.1 Å². The Kier molecular flexibility index (Phi) is 8.62. The number of fused-ring (bicyclic) bond motifs is 1. The van der Waals surface area contributed by atoms with Gasteiger partial charge in [0.05, 0.1) is 43.6 Å². The molecule has 1 aromatic carbocycles. The van der Waals surface area contributed by atoms with Crippen LogP contribution in [0.1, 0.15) is 21.6 Å². The molecule has 0 saturated heterocycles. The molecule has 2 heterocycles. The van der Waals surface area contributed by atoms with E-state index in [1.165, 1.54) is 27.4 Å². The van der Waals surface area contributed by atoms with Crippen molar-refractivity contribution in [2.75, 3.05) is 34.4 Å². The van der Waals surface area contributed by atoms with Crippen LogP contribution in [0.25, 0.3) is 16.9 Å². The second-order valence-electron chi connectivity index (χ2n) is 7.90. The highest BCUT2D eigenvalue weighted by Crippen LogP contribution is 2.32. The average molecular weight is 522 g/mol. The predicted octanol–water partition coefficient (Wildman–Crippen LogP) is 3.60. The molecule has 192 valence electrons. The molecule has 0 saturated carbocycles. The Morgan fingerprint density at radius 3 is 2.47 bits per heavy atom. The molecule has 1 amide bonds. The van der Waals surface area contributed by atoms with Gasteiger partial charge < -0.3 is 23.7 Å². The lowest BCUT2D eigenvalue weighted by molar-refractivity contribution is -0.125. The number of rotatable bonds is 10. The number of amides is 1.